The maximum absolute atomic E-state index is 11.8. The number of hydrogen-bond donors (Lipinski definition) is 2. The van der Waals surface area contributed by atoms with Crippen molar-refractivity contribution in [3.8, 4) is 0 Å². The second kappa shape index (κ2) is 6.16. The van der Waals surface area contributed by atoms with E-state index in [-0.39, 0.29) is 18.4 Å². The van der Waals surface area contributed by atoms with Gasteiger partial charge in [-0.05, 0) is 17.6 Å². The molecule has 0 unspecified atom stereocenters. The quantitative estimate of drug-likeness (QED) is 0.867. The smallest absolute Gasteiger partial charge is 0.166 e. The summed E-state index contributed by atoms with van der Waals surface area (Å²) in [6.07, 6.45) is 4.83. The van der Waals surface area contributed by atoms with Crippen molar-refractivity contribution in [2.75, 3.05) is 13.2 Å². The maximum atomic E-state index is 11.8. The summed E-state index contributed by atoms with van der Waals surface area (Å²) in [5, 5.41) is 12.9. The lowest BCUT2D eigenvalue weighted by molar-refractivity contribution is -0.114. The Kier molecular flexibility index (Phi) is 4.08. The van der Waals surface area contributed by atoms with Gasteiger partial charge in [-0.1, -0.05) is 36.4 Å². The van der Waals surface area contributed by atoms with Crippen LogP contribution in [0.1, 0.15) is 24.4 Å². The highest BCUT2D eigenvalue weighted by molar-refractivity contribution is 6.07. The minimum absolute atomic E-state index is 0.0331. The van der Waals surface area contributed by atoms with Crippen molar-refractivity contribution < 1.29 is 9.90 Å². The molecule has 0 spiro atoms. The zero-order chi connectivity index (χ0) is 14.7. The standard InChI is InChI=1S/C17H18N2O2/c20-11-15(12-4-2-1-3-5-12)19-10-13-6-7-14-16(21)8-9-18-17(13)14/h1-6,9,15,19-20H,7-8,10-11H2/t15-/m1/s1. The fourth-order valence-corrected chi connectivity index (χ4v) is 2.72. The van der Waals surface area contributed by atoms with Crippen LogP contribution < -0.4 is 5.32 Å². The van der Waals surface area contributed by atoms with E-state index in [9.17, 15) is 9.90 Å². The Labute approximate surface area is 123 Å². The van der Waals surface area contributed by atoms with E-state index in [0.717, 1.165) is 22.4 Å². The lowest BCUT2D eigenvalue weighted by atomic mass is 10.0. The minimum Gasteiger partial charge on any atom is -0.394 e. The lowest BCUT2D eigenvalue weighted by Crippen LogP contribution is -2.26. The summed E-state index contributed by atoms with van der Waals surface area (Å²) >= 11 is 0. The first kappa shape index (κ1) is 13.9. The lowest BCUT2D eigenvalue weighted by Gasteiger charge is -2.18. The van der Waals surface area contributed by atoms with Gasteiger partial charge < -0.3 is 10.4 Å². The molecule has 4 heteroatoms. The summed E-state index contributed by atoms with van der Waals surface area (Å²) in [7, 11) is 0. The molecule has 0 bridgehead atoms. The Morgan fingerprint density at radius 1 is 1.24 bits per heavy atom. The van der Waals surface area contributed by atoms with Crippen LogP contribution in [0.2, 0.25) is 0 Å². The number of hydrogen-bond acceptors (Lipinski definition) is 4. The summed E-state index contributed by atoms with van der Waals surface area (Å²) in [6.45, 7) is 0.634. The SMILES string of the molecule is O=C1CC=NC2=C1CC=C2CN[C@H](CO)c1ccccc1. The number of Topliss-reactive ketones (excluding diaryl/α,β-unsaturated/α-hetero) is 1. The molecular weight excluding hydrogens is 264 g/mol. The molecule has 1 heterocycles. The van der Waals surface area contributed by atoms with Crippen LogP contribution in [0.5, 0.6) is 0 Å². The number of benzene rings is 1. The molecule has 0 saturated carbocycles. The van der Waals surface area contributed by atoms with Crippen molar-refractivity contribution in [1.29, 1.82) is 0 Å². The van der Waals surface area contributed by atoms with Crippen molar-refractivity contribution >= 4 is 12.0 Å². The van der Waals surface area contributed by atoms with Gasteiger partial charge in [0.25, 0.3) is 0 Å². The highest BCUT2D eigenvalue weighted by atomic mass is 16.3. The highest BCUT2D eigenvalue weighted by Crippen LogP contribution is 2.30. The average molecular weight is 282 g/mol. The molecule has 21 heavy (non-hydrogen) atoms. The Balaban J connectivity index is 1.68. The molecule has 0 radical (unpaired) electrons. The average Bonchev–Trinajstić information content (AvgIpc) is 2.94. The third-order valence-corrected chi connectivity index (χ3v) is 3.90. The van der Waals surface area contributed by atoms with E-state index in [0.29, 0.717) is 19.4 Å². The summed E-state index contributed by atoms with van der Waals surface area (Å²) in [6, 6.07) is 9.74. The molecule has 1 aromatic carbocycles. The largest absolute Gasteiger partial charge is 0.394 e. The van der Waals surface area contributed by atoms with Crippen molar-refractivity contribution in [2.45, 2.75) is 18.9 Å². The van der Waals surface area contributed by atoms with Crippen molar-refractivity contribution in [3.63, 3.8) is 0 Å². The molecule has 2 N–H and O–H groups in total. The Bertz CT molecular complexity index is 629. The first-order valence-corrected chi connectivity index (χ1v) is 7.17. The minimum atomic E-state index is -0.111. The van der Waals surface area contributed by atoms with E-state index in [1.165, 1.54) is 0 Å². The van der Waals surface area contributed by atoms with Gasteiger partial charge in [0.2, 0.25) is 0 Å². The van der Waals surface area contributed by atoms with Gasteiger partial charge in [-0.25, -0.2) is 0 Å². The van der Waals surface area contributed by atoms with Crippen LogP contribution in [0.25, 0.3) is 0 Å². The van der Waals surface area contributed by atoms with Crippen molar-refractivity contribution in [1.82, 2.24) is 5.32 Å². The van der Waals surface area contributed by atoms with Gasteiger partial charge in [0.1, 0.15) is 0 Å². The molecule has 2 aliphatic rings. The van der Waals surface area contributed by atoms with Gasteiger partial charge in [-0.15, -0.1) is 0 Å². The third-order valence-electron chi connectivity index (χ3n) is 3.90. The number of nitrogens with zero attached hydrogens (tertiary/aromatic N) is 1. The van der Waals surface area contributed by atoms with Gasteiger partial charge >= 0.3 is 0 Å². The molecule has 1 aliphatic heterocycles. The molecule has 108 valence electrons. The molecule has 1 aliphatic carbocycles. The number of ketones is 1. The van der Waals surface area contributed by atoms with E-state index in [1.54, 1.807) is 6.21 Å². The molecule has 0 amide bonds. The van der Waals surface area contributed by atoms with Crippen LogP contribution in [0.3, 0.4) is 0 Å². The number of rotatable bonds is 5. The molecule has 4 nitrogen and oxygen atoms in total. The van der Waals surface area contributed by atoms with Crippen LogP contribution >= 0.6 is 0 Å². The van der Waals surface area contributed by atoms with Gasteiger partial charge in [0.15, 0.2) is 5.78 Å². The zero-order valence-electron chi connectivity index (χ0n) is 11.7. The van der Waals surface area contributed by atoms with Crippen molar-refractivity contribution in [2.24, 2.45) is 4.99 Å². The summed E-state index contributed by atoms with van der Waals surface area (Å²) in [5.74, 6) is 0.174. The molecule has 0 aromatic heterocycles. The monoisotopic (exact) mass is 282 g/mol. The Hall–Kier alpha value is -2.04. The van der Waals surface area contributed by atoms with Crippen LogP contribution in [0.15, 0.2) is 58.2 Å². The summed E-state index contributed by atoms with van der Waals surface area (Å²) in [5.41, 5.74) is 3.75. The first-order valence-electron chi connectivity index (χ1n) is 7.17. The van der Waals surface area contributed by atoms with E-state index in [2.05, 4.69) is 16.4 Å². The zero-order valence-corrected chi connectivity index (χ0v) is 11.7. The topological polar surface area (TPSA) is 61.7 Å². The molecule has 1 atom stereocenters. The van der Waals surface area contributed by atoms with Gasteiger partial charge in [-0.3, -0.25) is 9.79 Å². The Morgan fingerprint density at radius 2 is 2.05 bits per heavy atom. The second-order valence-electron chi connectivity index (χ2n) is 5.23. The highest BCUT2D eigenvalue weighted by Gasteiger charge is 2.24. The molecule has 0 saturated heterocycles. The van der Waals surface area contributed by atoms with Crippen LogP contribution in [0.4, 0.5) is 0 Å². The van der Waals surface area contributed by atoms with E-state index in [4.69, 9.17) is 0 Å². The van der Waals surface area contributed by atoms with E-state index < -0.39 is 0 Å². The fraction of sp³-hybridized carbons (Fsp3) is 0.294. The second-order valence-corrected chi connectivity index (χ2v) is 5.23. The number of carbonyl (C=O) groups excluding carboxylic acids is 1. The van der Waals surface area contributed by atoms with Crippen LogP contribution in [-0.4, -0.2) is 30.3 Å². The summed E-state index contributed by atoms with van der Waals surface area (Å²) in [4.78, 5) is 16.2. The number of carbonyl (C=O) groups is 1. The Morgan fingerprint density at radius 3 is 2.81 bits per heavy atom. The van der Waals surface area contributed by atoms with Crippen LogP contribution in [-0.2, 0) is 4.79 Å². The van der Waals surface area contributed by atoms with Crippen molar-refractivity contribution in [3.05, 3.63) is 58.8 Å². The molecule has 3 rings (SSSR count). The maximum Gasteiger partial charge on any atom is 0.166 e. The third kappa shape index (κ3) is 2.86. The number of nitrogens with one attached hydrogen (secondary N) is 1. The predicted octanol–water partition coefficient (Wildman–Crippen LogP) is 1.94. The molecule has 0 fully saturated rings. The first-order chi connectivity index (χ1) is 10.3. The predicted molar refractivity (Wildman–Crippen MR) is 82.1 cm³/mol. The van der Waals surface area contributed by atoms with Gasteiger partial charge in [0.05, 0.1) is 18.3 Å². The molecular formula is C17H18N2O2. The fourth-order valence-electron chi connectivity index (χ4n) is 2.72. The van der Waals surface area contributed by atoms with Gasteiger partial charge in [-0.2, -0.15) is 0 Å². The normalized spacial score (nSPS) is 18.7. The molecule has 1 aromatic rings. The van der Waals surface area contributed by atoms with E-state index in [1.807, 2.05) is 30.3 Å². The number of aliphatic imine (C=N–C) groups is 1. The number of aliphatic hydroxyl groups is 1. The number of aliphatic hydroxyl groups excluding tert-OH is 1. The number of allylic oxidation sites excluding steroid dienone is 2. The van der Waals surface area contributed by atoms with Crippen LogP contribution in [0, 0.1) is 0 Å². The summed E-state index contributed by atoms with van der Waals surface area (Å²) < 4.78 is 0. The van der Waals surface area contributed by atoms with Gasteiger partial charge in [0, 0.05) is 24.8 Å². The van der Waals surface area contributed by atoms with E-state index >= 15 is 0 Å².